The minimum Gasteiger partial charge on any atom is -0.356 e. The zero-order valence-corrected chi connectivity index (χ0v) is 16.6. The highest BCUT2D eigenvalue weighted by Crippen LogP contribution is 2.29. The van der Waals surface area contributed by atoms with E-state index in [1.807, 2.05) is 41.5 Å². The maximum atomic E-state index is 4.74. The van der Waals surface area contributed by atoms with Crippen molar-refractivity contribution >= 4 is 16.7 Å². The first-order chi connectivity index (χ1) is 11.7. The fourth-order valence-corrected chi connectivity index (χ4v) is 3.05. The van der Waals surface area contributed by atoms with Crippen LogP contribution in [0.3, 0.4) is 0 Å². The second-order valence-electron chi connectivity index (χ2n) is 5.60. The number of aromatic nitrogens is 3. The fourth-order valence-electron chi connectivity index (χ4n) is 3.05. The van der Waals surface area contributed by atoms with Crippen molar-refractivity contribution in [1.82, 2.24) is 15.0 Å². The maximum Gasteiger partial charge on any atom is 0.142 e. The van der Waals surface area contributed by atoms with Gasteiger partial charge in [-0.05, 0) is 45.6 Å². The summed E-state index contributed by atoms with van der Waals surface area (Å²) in [5, 5.41) is 1.16. The third-order valence-electron chi connectivity index (χ3n) is 3.97. The Morgan fingerprint density at radius 1 is 0.917 bits per heavy atom. The van der Waals surface area contributed by atoms with Crippen molar-refractivity contribution in [3.8, 4) is 0 Å². The first-order valence-corrected chi connectivity index (χ1v) is 9.59. The highest BCUT2D eigenvalue weighted by atomic mass is 15.2. The number of rotatable bonds is 2. The van der Waals surface area contributed by atoms with E-state index < -0.39 is 0 Å². The SMILES string of the molecule is CC.CC.CCc1nc(C)cc2nc(C)nc(N3CCCCC3)c12. The number of nitrogens with zero attached hydrogens (tertiary/aromatic N) is 4. The van der Waals surface area contributed by atoms with Gasteiger partial charge >= 0.3 is 0 Å². The topological polar surface area (TPSA) is 41.9 Å². The second-order valence-corrected chi connectivity index (χ2v) is 5.60. The highest BCUT2D eigenvalue weighted by Gasteiger charge is 2.19. The molecular formula is C20H34N4. The number of pyridine rings is 1. The first kappa shape index (κ1) is 20.3. The molecule has 4 heteroatoms. The van der Waals surface area contributed by atoms with Crippen molar-refractivity contribution in [3.63, 3.8) is 0 Å². The fraction of sp³-hybridized carbons (Fsp3) is 0.650. The van der Waals surface area contributed by atoms with Crippen molar-refractivity contribution in [2.24, 2.45) is 0 Å². The van der Waals surface area contributed by atoms with Crippen LogP contribution in [-0.2, 0) is 6.42 Å². The molecule has 4 nitrogen and oxygen atoms in total. The molecule has 3 heterocycles. The molecule has 24 heavy (non-hydrogen) atoms. The Morgan fingerprint density at radius 2 is 1.54 bits per heavy atom. The van der Waals surface area contributed by atoms with E-state index >= 15 is 0 Å². The van der Waals surface area contributed by atoms with Gasteiger partial charge in [0.25, 0.3) is 0 Å². The summed E-state index contributed by atoms with van der Waals surface area (Å²) < 4.78 is 0. The lowest BCUT2D eigenvalue weighted by atomic mass is 10.1. The Kier molecular flexibility index (Phi) is 8.66. The monoisotopic (exact) mass is 330 g/mol. The minimum atomic E-state index is 0.853. The van der Waals surface area contributed by atoms with Crippen LogP contribution in [0.2, 0.25) is 0 Å². The van der Waals surface area contributed by atoms with E-state index in [0.29, 0.717) is 0 Å². The predicted octanol–water partition coefficient (Wildman–Crippen LogP) is 5.25. The van der Waals surface area contributed by atoms with Gasteiger partial charge in [0, 0.05) is 18.8 Å². The molecule has 0 N–H and O–H groups in total. The average Bonchev–Trinajstić information content (AvgIpc) is 2.64. The standard InChI is InChI=1S/C16H22N4.2C2H6/c1-4-13-15-14(10-11(2)17-13)18-12(3)19-16(15)20-8-6-5-7-9-20;2*1-2/h10H,4-9H2,1-3H3;2*1-2H3. The van der Waals surface area contributed by atoms with Gasteiger partial charge in [0.1, 0.15) is 11.6 Å². The predicted molar refractivity (Wildman–Crippen MR) is 105 cm³/mol. The quantitative estimate of drug-likeness (QED) is 0.754. The molecule has 2 aromatic heterocycles. The molecule has 0 aromatic carbocycles. The third kappa shape index (κ3) is 4.65. The van der Waals surface area contributed by atoms with Gasteiger partial charge in [-0.1, -0.05) is 34.6 Å². The Morgan fingerprint density at radius 3 is 2.12 bits per heavy atom. The van der Waals surface area contributed by atoms with Crippen molar-refractivity contribution in [1.29, 1.82) is 0 Å². The largest absolute Gasteiger partial charge is 0.356 e. The van der Waals surface area contributed by atoms with Crippen LogP contribution < -0.4 is 4.90 Å². The summed E-state index contributed by atoms with van der Waals surface area (Å²) in [6, 6.07) is 2.08. The van der Waals surface area contributed by atoms with E-state index in [1.165, 1.54) is 19.3 Å². The van der Waals surface area contributed by atoms with Crippen molar-refractivity contribution in [2.45, 2.75) is 74.1 Å². The third-order valence-corrected chi connectivity index (χ3v) is 3.97. The number of piperidine rings is 1. The molecule has 1 fully saturated rings. The summed E-state index contributed by atoms with van der Waals surface area (Å²) in [7, 11) is 0. The van der Waals surface area contributed by atoms with Crippen molar-refractivity contribution in [2.75, 3.05) is 18.0 Å². The van der Waals surface area contributed by atoms with Crippen LogP contribution in [0.5, 0.6) is 0 Å². The van der Waals surface area contributed by atoms with Crippen LogP contribution in [0, 0.1) is 13.8 Å². The summed E-state index contributed by atoms with van der Waals surface area (Å²) in [6.45, 7) is 16.4. The Labute approximate surface area is 147 Å². The molecule has 1 saturated heterocycles. The molecule has 134 valence electrons. The zero-order chi connectivity index (χ0) is 18.1. The van der Waals surface area contributed by atoms with E-state index in [9.17, 15) is 0 Å². The van der Waals surface area contributed by atoms with Gasteiger partial charge < -0.3 is 4.90 Å². The number of hydrogen-bond donors (Lipinski definition) is 0. The van der Waals surface area contributed by atoms with Gasteiger partial charge in [0.05, 0.1) is 16.6 Å². The molecule has 0 amide bonds. The minimum absolute atomic E-state index is 0.853. The molecule has 0 unspecified atom stereocenters. The lowest BCUT2D eigenvalue weighted by Gasteiger charge is -2.29. The Hall–Kier alpha value is -1.71. The lowest BCUT2D eigenvalue weighted by molar-refractivity contribution is 0.574. The molecule has 1 aliphatic heterocycles. The number of aryl methyl sites for hydroxylation is 3. The molecule has 3 rings (SSSR count). The summed E-state index contributed by atoms with van der Waals surface area (Å²) in [5.41, 5.74) is 3.21. The van der Waals surface area contributed by atoms with Crippen LogP contribution in [0.15, 0.2) is 6.07 Å². The van der Waals surface area contributed by atoms with Gasteiger partial charge in [-0.2, -0.15) is 0 Å². The Balaban J connectivity index is 0.000000671. The van der Waals surface area contributed by atoms with Crippen LogP contribution in [0.25, 0.3) is 10.9 Å². The summed E-state index contributed by atoms with van der Waals surface area (Å²) >= 11 is 0. The van der Waals surface area contributed by atoms with E-state index in [-0.39, 0.29) is 0 Å². The number of fused-ring (bicyclic) bond motifs is 1. The van der Waals surface area contributed by atoms with Gasteiger partial charge in [-0.15, -0.1) is 0 Å². The van der Waals surface area contributed by atoms with Crippen LogP contribution in [0.1, 0.15) is 71.1 Å². The van der Waals surface area contributed by atoms with Gasteiger partial charge in [0.2, 0.25) is 0 Å². The first-order valence-electron chi connectivity index (χ1n) is 9.59. The summed E-state index contributed by atoms with van der Waals surface area (Å²) in [5.74, 6) is 1.95. The molecular weight excluding hydrogens is 296 g/mol. The van der Waals surface area contributed by atoms with Gasteiger partial charge in [0.15, 0.2) is 0 Å². The second kappa shape index (κ2) is 10.2. The van der Waals surface area contributed by atoms with E-state index in [2.05, 4.69) is 22.9 Å². The normalized spacial score (nSPS) is 13.7. The van der Waals surface area contributed by atoms with E-state index in [4.69, 9.17) is 9.97 Å². The maximum absolute atomic E-state index is 4.74. The Bertz CT molecular complexity index is 626. The number of anilines is 1. The molecule has 0 aliphatic carbocycles. The van der Waals surface area contributed by atoms with Crippen LogP contribution in [-0.4, -0.2) is 28.0 Å². The van der Waals surface area contributed by atoms with E-state index in [0.717, 1.165) is 53.4 Å². The molecule has 1 aliphatic rings. The van der Waals surface area contributed by atoms with Crippen LogP contribution in [0.4, 0.5) is 5.82 Å². The van der Waals surface area contributed by atoms with Crippen molar-refractivity contribution < 1.29 is 0 Å². The van der Waals surface area contributed by atoms with E-state index in [1.54, 1.807) is 0 Å². The molecule has 2 aromatic rings. The van der Waals surface area contributed by atoms with Crippen LogP contribution >= 0.6 is 0 Å². The average molecular weight is 331 g/mol. The molecule has 0 spiro atoms. The molecule has 0 bridgehead atoms. The van der Waals surface area contributed by atoms with Gasteiger partial charge in [-0.3, -0.25) is 4.98 Å². The molecule has 0 radical (unpaired) electrons. The number of hydrogen-bond acceptors (Lipinski definition) is 4. The summed E-state index contributed by atoms with van der Waals surface area (Å²) in [4.78, 5) is 16.5. The zero-order valence-electron chi connectivity index (χ0n) is 16.6. The molecule has 0 atom stereocenters. The van der Waals surface area contributed by atoms with Gasteiger partial charge in [-0.25, -0.2) is 9.97 Å². The molecule has 0 saturated carbocycles. The smallest absolute Gasteiger partial charge is 0.142 e. The summed E-state index contributed by atoms with van der Waals surface area (Å²) in [6.07, 6.45) is 4.76. The highest BCUT2D eigenvalue weighted by molar-refractivity contribution is 5.92. The lowest BCUT2D eigenvalue weighted by Crippen LogP contribution is -2.30. The van der Waals surface area contributed by atoms with Crippen molar-refractivity contribution in [3.05, 3.63) is 23.3 Å².